The molecule has 34 heavy (non-hydrogen) atoms. The summed E-state index contributed by atoms with van der Waals surface area (Å²) in [5, 5.41) is 2.87. The summed E-state index contributed by atoms with van der Waals surface area (Å²) in [6, 6.07) is 11.4. The zero-order chi connectivity index (χ0) is 23.9. The fourth-order valence-electron chi connectivity index (χ4n) is 4.52. The number of hydrogen-bond acceptors (Lipinski definition) is 6. The number of carbonyl (C=O) groups is 2. The zero-order valence-corrected chi connectivity index (χ0v) is 20.1. The van der Waals surface area contributed by atoms with Gasteiger partial charge in [-0.1, -0.05) is 12.1 Å². The Morgan fingerprint density at radius 1 is 1.18 bits per heavy atom. The number of benzene rings is 1. The number of hydrogen-bond donors (Lipinski definition) is 1. The molecule has 1 N–H and O–H groups in total. The molecule has 8 heteroatoms. The van der Waals surface area contributed by atoms with Gasteiger partial charge in [0.15, 0.2) is 11.4 Å². The van der Waals surface area contributed by atoms with E-state index < -0.39 is 5.41 Å². The van der Waals surface area contributed by atoms with Crippen LogP contribution in [-0.2, 0) is 23.1 Å². The van der Waals surface area contributed by atoms with Crippen LogP contribution in [0.5, 0.6) is 0 Å². The van der Waals surface area contributed by atoms with E-state index in [2.05, 4.69) is 20.3 Å². The predicted octanol–water partition coefficient (Wildman–Crippen LogP) is 4.42. The van der Waals surface area contributed by atoms with E-state index >= 15 is 0 Å². The van der Waals surface area contributed by atoms with Gasteiger partial charge in [0.05, 0.1) is 28.9 Å². The van der Waals surface area contributed by atoms with Crippen LogP contribution in [0.25, 0.3) is 5.65 Å². The summed E-state index contributed by atoms with van der Waals surface area (Å²) in [5.41, 5.74) is 3.70. The van der Waals surface area contributed by atoms with E-state index in [1.165, 1.54) is 0 Å². The van der Waals surface area contributed by atoms with Gasteiger partial charge >= 0.3 is 0 Å². The van der Waals surface area contributed by atoms with Crippen LogP contribution in [0.3, 0.4) is 0 Å². The highest BCUT2D eigenvalue weighted by Crippen LogP contribution is 2.38. The maximum absolute atomic E-state index is 13.6. The van der Waals surface area contributed by atoms with Crippen molar-refractivity contribution in [2.75, 3.05) is 11.6 Å². The second-order valence-corrected chi connectivity index (χ2v) is 9.69. The molecule has 0 bridgehead atoms. The van der Waals surface area contributed by atoms with E-state index in [9.17, 15) is 9.59 Å². The molecular weight excluding hydrogens is 446 g/mol. The summed E-state index contributed by atoms with van der Waals surface area (Å²) in [6.45, 7) is 3.86. The van der Waals surface area contributed by atoms with Gasteiger partial charge in [0.25, 0.3) is 0 Å². The van der Waals surface area contributed by atoms with Crippen molar-refractivity contribution in [1.29, 1.82) is 0 Å². The highest BCUT2D eigenvalue weighted by atomic mass is 32.2. The van der Waals surface area contributed by atoms with Crippen LogP contribution >= 0.6 is 11.8 Å². The van der Waals surface area contributed by atoms with E-state index in [0.29, 0.717) is 41.3 Å². The first kappa shape index (κ1) is 22.3. The van der Waals surface area contributed by atoms with Crippen molar-refractivity contribution >= 4 is 34.9 Å². The number of Topliss-reactive ketones (excluding diaryl/α,β-unsaturated/α-hetero) is 1. The first-order valence-electron chi connectivity index (χ1n) is 11.2. The number of nitrogens with zero attached hydrogens (tertiary/aromatic N) is 4. The maximum Gasteiger partial charge on any atom is 0.229 e. The number of amides is 1. The molecule has 4 aromatic rings. The third kappa shape index (κ3) is 3.98. The minimum Gasteiger partial charge on any atom is -0.310 e. The third-order valence-electron chi connectivity index (χ3n) is 6.39. The Bertz CT molecular complexity index is 1410. The lowest BCUT2D eigenvalue weighted by Crippen LogP contribution is -2.39. The fraction of sp³-hybridized carbons (Fsp3) is 0.269. The largest absolute Gasteiger partial charge is 0.310 e. The Balaban J connectivity index is 1.36. The monoisotopic (exact) mass is 471 g/mol. The van der Waals surface area contributed by atoms with E-state index in [1.54, 1.807) is 30.1 Å². The molecule has 0 fully saturated rings. The Morgan fingerprint density at radius 3 is 2.74 bits per heavy atom. The molecule has 0 radical (unpaired) electrons. The van der Waals surface area contributed by atoms with E-state index in [-0.39, 0.29) is 18.1 Å². The molecule has 1 atom stereocenters. The Morgan fingerprint density at radius 2 is 1.97 bits per heavy atom. The van der Waals surface area contributed by atoms with Crippen molar-refractivity contribution in [3.63, 3.8) is 0 Å². The second kappa shape index (κ2) is 8.68. The summed E-state index contributed by atoms with van der Waals surface area (Å²) < 4.78 is 1.91. The van der Waals surface area contributed by atoms with Crippen LogP contribution in [0.1, 0.15) is 46.3 Å². The number of carbonyl (C=O) groups excluding carboxylic acids is 2. The summed E-state index contributed by atoms with van der Waals surface area (Å²) in [4.78, 5) is 41.1. The molecule has 0 spiro atoms. The number of anilines is 1. The number of nitrogens with one attached hydrogen (secondary N) is 1. The highest BCUT2D eigenvalue weighted by Gasteiger charge is 2.43. The van der Waals surface area contributed by atoms with Crippen molar-refractivity contribution in [3.8, 4) is 0 Å². The van der Waals surface area contributed by atoms with Crippen molar-refractivity contribution < 1.29 is 9.59 Å². The Labute approximate surface area is 202 Å². The smallest absolute Gasteiger partial charge is 0.229 e. The molecule has 3 aromatic heterocycles. The number of ketones is 1. The van der Waals surface area contributed by atoms with Gasteiger partial charge in [-0.2, -0.15) is 0 Å². The Hall–Kier alpha value is -3.52. The Kier molecular flexibility index (Phi) is 5.69. The number of fused-ring (bicyclic) bond motifs is 2. The van der Waals surface area contributed by atoms with Crippen molar-refractivity contribution in [2.24, 2.45) is 0 Å². The number of aryl methyl sites for hydroxylation is 2. The lowest BCUT2D eigenvalue weighted by atomic mass is 9.71. The highest BCUT2D eigenvalue weighted by molar-refractivity contribution is 7.98. The first-order valence-corrected chi connectivity index (χ1v) is 12.4. The molecule has 1 amide bonds. The van der Waals surface area contributed by atoms with Crippen molar-refractivity contribution in [1.82, 2.24) is 19.4 Å². The third-order valence-corrected chi connectivity index (χ3v) is 7.13. The molecule has 0 aliphatic heterocycles. The van der Waals surface area contributed by atoms with Gasteiger partial charge in [-0.15, -0.1) is 11.8 Å². The molecule has 0 saturated heterocycles. The zero-order valence-electron chi connectivity index (χ0n) is 19.3. The lowest BCUT2D eigenvalue weighted by Gasteiger charge is -2.32. The summed E-state index contributed by atoms with van der Waals surface area (Å²) in [6.07, 6.45) is 8.96. The van der Waals surface area contributed by atoms with E-state index in [4.69, 9.17) is 0 Å². The summed E-state index contributed by atoms with van der Waals surface area (Å²) in [7, 11) is 0. The van der Waals surface area contributed by atoms with Crippen LogP contribution in [0.15, 0.2) is 59.9 Å². The topological polar surface area (TPSA) is 89.2 Å². The maximum atomic E-state index is 13.6. The summed E-state index contributed by atoms with van der Waals surface area (Å²) >= 11 is 1.67. The second-order valence-electron chi connectivity index (χ2n) is 8.81. The van der Waals surface area contributed by atoms with Crippen LogP contribution in [-0.4, -0.2) is 37.3 Å². The molecule has 5 rings (SSSR count). The molecule has 1 aliphatic carbocycles. The van der Waals surface area contributed by atoms with Crippen LogP contribution < -0.4 is 5.32 Å². The van der Waals surface area contributed by atoms with Gasteiger partial charge in [-0.25, -0.2) is 9.97 Å². The minimum atomic E-state index is -0.789. The number of pyridine rings is 1. The van der Waals surface area contributed by atoms with Crippen molar-refractivity contribution in [3.05, 3.63) is 83.2 Å². The molecule has 172 valence electrons. The molecule has 7 nitrogen and oxygen atoms in total. The number of thioether (sulfide) groups is 1. The standard InChI is InChI=1S/C26H25N5O2S/c1-16-15-31-13-12-27-23(25(31)28-16)26(2)11-10-20-19(24(26)33)8-9-21(29-20)30-22(32)14-17-4-6-18(34-3)7-5-17/h4-9,12-13,15H,10-11,14H2,1-3H3,(H,29,30,32). The molecule has 1 aromatic carbocycles. The number of rotatable bonds is 5. The number of imidazole rings is 1. The van der Waals surface area contributed by atoms with Gasteiger partial charge < -0.3 is 9.72 Å². The van der Waals surface area contributed by atoms with E-state index in [1.807, 2.05) is 61.2 Å². The normalized spacial score (nSPS) is 17.6. The first-order chi connectivity index (χ1) is 16.4. The molecule has 1 aliphatic rings. The molecule has 0 saturated carbocycles. The van der Waals surface area contributed by atoms with E-state index in [0.717, 1.165) is 16.2 Å². The van der Waals surface area contributed by atoms with Gasteiger partial charge in [-0.05, 0) is 62.8 Å². The average molecular weight is 472 g/mol. The SMILES string of the molecule is CSc1ccc(CC(=O)Nc2ccc3c(n2)CCC(C)(c2nccn4cc(C)nc24)C3=O)cc1. The van der Waals surface area contributed by atoms with Gasteiger partial charge in [0.1, 0.15) is 5.82 Å². The lowest BCUT2D eigenvalue weighted by molar-refractivity contribution is -0.115. The molecular formula is C26H25N5O2S. The van der Waals surface area contributed by atoms with Crippen LogP contribution in [0.4, 0.5) is 5.82 Å². The molecule has 1 unspecified atom stereocenters. The fourth-order valence-corrected chi connectivity index (χ4v) is 4.93. The van der Waals surface area contributed by atoms with Gasteiger partial charge in [-0.3, -0.25) is 14.6 Å². The predicted molar refractivity (Wildman–Crippen MR) is 133 cm³/mol. The quantitative estimate of drug-likeness (QED) is 0.434. The average Bonchev–Trinajstić information content (AvgIpc) is 3.22. The van der Waals surface area contributed by atoms with Crippen molar-refractivity contribution in [2.45, 2.75) is 43.4 Å². The van der Waals surface area contributed by atoms with Gasteiger partial charge in [0, 0.05) is 29.0 Å². The minimum absolute atomic E-state index is 0.0192. The van der Waals surface area contributed by atoms with Crippen LogP contribution in [0.2, 0.25) is 0 Å². The summed E-state index contributed by atoms with van der Waals surface area (Å²) in [5.74, 6) is 0.307. The van der Waals surface area contributed by atoms with Crippen LogP contribution in [0, 0.1) is 6.92 Å². The molecule has 3 heterocycles. The number of aromatic nitrogens is 4. The van der Waals surface area contributed by atoms with Gasteiger partial charge in [0.2, 0.25) is 5.91 Å².